The van der Waals surface area contributed by atoms with E-state index < -0.39 is 11.0 Å². The molecular weight excluding hydrogens is 353 g/mol. The van der Waals surface area contributed by atoms with Gasteiger partial charge < -0.3 is 14.7 Å². The van der Waals surface area contributed by atoms with Gasteiger partial charge in [-0.05, 0) is 30.3 Å². The zero-order chi connectivity index (χ0) is 19.2. The number of para-hydroxylation sites is 2. The van der Waals surface area contributed by atoms with Crippen molar-refractivity contribution >= 4 is 11.4 Å². The largest absolute Gasteiger partial charge is 0.484 e. The van der Waals surface area contributed by atoms with Gasteiger partial charge in [0.05, 0.1) is 4.92 Å². The highest BCUT2D eigenvalue weighted by Gasteiger charge is 2.21. The van der Waals surface area contributed by atoms with Crippen molar-refractivity contribution in [1.29, 1.82) is 0 Å². The number of halogens is 1. The topological polar surface area (TPSA) is 79.1 Å². The first kappa shape index (κ1) is 19.1. The number of rotatable bonds is 7. The van der Waals surface area contributed by atoms with Crippen LogP contribution in [-0.2, 0) is 0 Å². The third-order valence-electron chi connectivity index (χ3n) is 4.53. The van der Waals surface area contributed by atoms with Crippen molar-refractivity contribution in [3.63, 3.8) is 0 Å². The zero-order valence-corrected chi connectivity index (χ0v) is 14.8. The van der Waals surface area contributed by atoms with E-state index in [-0.39, 0.29) is 23.9 Å². The fourth-order valence-corrected chi connectivity index (χ4v) is 3.11. The van der Waals surface area contributed by atoms with Gasteiger partial charge in [0.2, 0.25) is 0 Å². The lowest BCUT2D eigenvalue weighted by Gasteiger charge is -2.36. The number of hydrogen-bond acceptors (Lipinski definition) is 6. The number of β-amino-alcohol motifs (C(OH)–C–C–N with tert-alkyl or cyclic N) is 1. The summed E-state index contributed by atoms with van der Waals surface area (Å²) in [6.45, 7) is 3.51. The average molecular weight is 375 g/mol. The third-order valence-corrected chi connectivity index (χ3v) is 4.53. The van der Waals surface area contributed by atoms with E-state index in [1.54, 1.807) is 24.3 Å². The Kier molecular flexibility index (Phi) is 6.20. The minimum Gasteiger partial charge on any atom is -0.484 e. The fraction of sp³-hybridized carbons (Fsp3) is 0.368. The van der Waals surface area contributed by atoms with Gasteiger partial charge in [0.1, 0.15) is 18.5 Å². The highest BCUT2D eigenvalue weighted by molar-refractivity contribution is 5.47. The van der Waals surface area contributed by atoms with Crippen molar-refractivity contribution in [1.82, 2.24) is 4.90 Å². The van der Waals surface area contributed by atoms with E-state index in [9.17, 15) is 19.6 Å². The number of benzene rings is 2. The summed E-state index contributed by atoms with van der Waals surface area (Å²) in [5.74, 6) is -0.0955. The molecule has 8 heteroatoms. The summed E-state index contributed by atoms with van der Waals surface area (Å²) in [4.78, 5) is 14.8. The molecule has 3 rings (SSSR count). The first-order valence-corrected chi connectivity index (χ1v) is 8.80. The van der Waals surface area contributed by atoms with E-state index in [0.717, 1.165) is 31.9 Å². The minimum atomic E-state index is -0.748. The Morgan fingerprint density at radius 1 is 1.11 bits per heavy atom. The van der Waals surface area contributed by atoms with Crippen LogP contribution in [0.3, 0.4) is 0 Å². The zero-order valence-electron chi connectivity index (χ0n) is 14.8. The first-order chi connectivity index (χ1) is 13.0. The van der Waals surface area contributed by atoms with E-state index in [1.807, 2.05) is 0 Å². The molecule has 2 aromatic carbocycles. The molecule has 0 bridgehead atoms. The van der Waals surface area contributed by atoms with E-state index in [4.69, 9.17) is 4.74 Å². The Hall–Kier alpha value is -2.71. The molecule has 1 fully saturated rings. The van der Waals surface area contributed by atoms with Gasteiger partial charge in [-0.25, -0.2) is 4.39 Å². The molecule has 0 amide bonds. The third kappa shape index (κ3) is 5.15. The van der Waals surface area contributed by atoms with Gasteiger partial charge in [0, 0.05) is 44.5 Å². The summed E-state index contributed by atoms with van der Waals surface area (Å²) in [7, 11) is 0. The predicted octanol–water partition coefficient (Wildman–Crippen LogP) is 2.30. The predicted molar refractivity (Wildman–Crippen MR) is 99.7 cm³/mol. The fourth-order valence-electron chi connectivity index (χ4n) is 3.11. The Labute approximate surface area is 156 Å². The number of nitrogens with zero attached hydrogens (tertiary/aromatic N) is 3. The normalized spacial score (nSPS) is 16.1. The summed E-state index contributed by atoms with van der Waals surface area (Å²) in [5.41, 5.74) is 0.869. The second kappa shape index (κ2) is 8.79. The van der Waals surface area contributed by atoms with Crippen LogP contribution in [0.5, 0.6) is 5.75 Å². The highest BCUT2D eigenvalue weighted by Crippen LogP contribution is 2.26. The van der Waals surface area contributed by atoms with Crippen LogP contribution < -0.4 is 9.64 Å². The number of hydrogen-bond donors (Lipinski definition) is 1. The molecule has 1 heterocycles. The monoisotopic (exact) mass is 375 g/mol. The maximum absolute atomic E-state index is 13.0. The Morgan fingerprint density at radius 2 is 1.78 bits per heavy atom. The number of piperazine rings is 1. The number of aliphatic hydroxyl groups is 1. The minimum absolute atomic E-state index is 0.0109. The van der Waals surface area contributed by atoms with Gasteiger partial charge in [0.25, 0.3) is 0 Å². The molecule has 1 aliphatic rings. The summed E-state index contributed by atoms with van der Waals surface area (Å²) >= 11 is 0. The van der Waals surface area contributed by atoms with Crippen LogP contribution >= 0.6 is 0 Å². The lowest BCUT2D eigenvalue weighted by atomic mass is 10.2. The van der Waals surface area contributed by atoms with Crippen molar-refractivity contribution in [2.75, 3.05) is 44.2 Å². The van der Waals surface area contributed by atoms with Crippen molar-refractivity contribution in [2.45, 2.75) is 6.10 Å². The van der Waals surface area contributed by atoms with Crippen LogP contribution in [-0.4, -0.2) is 60.4 Å². The van der Waals surface area contributed by atoms with Crippen LogP contribution in [0.4, 0.5) is 15.8 Å². The highest BCUT2D eigenvalue weighted by atomic mass is 19.1. The molecule has 0 aliphatic carbocycles. The second-order valence-electron chi connectivity index (χ2n) is 6.45. The molecule has 1 atom stereocenters. The molecule has 144 valence electrons. The summed E-state index contributed by atoms with van der Waals surface area (Å²) in [6, 6.07) is 12.5. The van der Waals surface area contributed by atoms with Gasteiger partial charge >= 0.3 is 5.69 Å². The van der Waals surface area contributed by atoms with Crippen molar-refractivity contribution < 1.29 is 19.2 Å². The Bertz CT molecular complexity index is 764. The second-order valence-corrected chi connectivity index (χ2v) is 6.45. The van der Waals surface area contributed by atoms with Gasteiger partial charge in [-0.2, -0.15) is 0 Å². The molecule has 27 heavy (non-hydrogen) atoms. The summed E-state index contributed by atoms with van der Waals surface area (Å²) < 4.78 is 18.5. The summed E-state index contributed by atoms with van der Waals surface area (Å²) in [5, 5.41) is 21.2. The van der Waals surface area contributed by atoms with Gasteiger partial charge in [-0.3, -0.25) is 15.0 Å². The Morgan fingerprint density at radius 3 is 2.44 bits per heavy atom. The molecule has 0 spiro atoms. The van der Waals surface area contributed by atoms with Crippen LogP contribution in [0.2, 0.25) is 0 Å². The lowest BCUT2D eigenvalue weighted by molar-refractivity contribution is -0.385. The number of ether oxygens (including phenoxy) is 1. The lowest BCUT2D eigenvalue weighted by Crippen LogP contribution is -2.49. The summed E-state index contributed by atoms with van der Waals surface area (Å²) in [6.07, 6.45) is -0.748. The van der Waals surface area contributed by atoms with Crippen LogP contribution in [0, 0.1) is 15.9 Å². The number of nitro benzene ring substituents is 1. The number of anilines is 1. The van der Waals surface area contributed by atoms with Crippen LogP contribution in [0.25, 0.3) is 0 Å². The van der Waals surface area contributed by atoms with E-state index in [1.165, 1.54) is 24.3 Å². The smallest absolute Gasteiger partial charge is 0.310 e. The maximum Gasteiger partial charge on any atom is 0.310 e. The van der Waals surface area contributed by atoms with Gasteiger partial charge in [-0.15, -0.1) is 0 Å². The molecule has 2 aromatic rings. The first-order valence-electron chi connectivity index (χ1n) is 8.80. The van der Waals surface area contributed by atoms with Crippen molar-refractivity contribution in [2.24, 2.45) is 0 Å². The standard InChI is InChI=1S/C19H22FN3O4/c20-15-5-7-16(8-6-15)22-11-9-21(10-12-22)13-17(24)14-27-19-4-2-1-3-18(19)23(25)26/h1-8,17,24H,9-14H2/t17-/m0/s1. The van der Waals surface area contributed by atoms with Crippen molar-refractivity contribution in [3.8, 4) is 5.75 Å². The number of nitro groups is 1. The van der Waals surface area contributed by atoms with E-state index in [0.29, 0.717) is 6.54 Å². The molecular formula is C19H22FN3O4. The molecule has 0 unspecified atom stereocenters. The molecule has 0 radical (unpaired) electrons. The van der Waals surface area contributed by atoms with E-state index >= 15 is 0 Å². The molecule has 0 aromatic heterocycles. The van der Waals surface area contributed by atoms with Crippen LogP contribution in [0.1, 0.15) is 0 Å². The molecule has 0 saturated carbocycles. The molecule has 1 saturated heterocycles. The van der Waals surface area contributed by atoms with E-state index in [2.05, 4.69) is 9.80 Å². The maximum atomic E-state index is 13.0. The number of aliphatic hydroxyl groups excluding tert-OH is 1. The molecule has 1 N–H and O–H groups in total. The SMILES string of the molecule is O=[N+]([O-])c1ccccc1OC[C@@H](O)CN1CCN(c2ccc(F)cc2)CC1. The average Bonchev–Trinajstić information content (AvgIpc) is 2.68. The Balaban J connectivity index is 1.45. The van der Waals surface area contributed by atoms with Gasteiger partial charge in [0.15, 0.2) is 5.75 Å². The van der Waals surface area contributed by atoms with Crippen molar-refractivity contribution in [3.05, 3.63) is 64.5 Å². The molecule has 1 aliphatic heterocycles. The van der Waals surface area contributed by atoms with Crippen LogP contribution in [0.15, 0.2) is 48.5 Å². The van der Waals surface area contributed by atoms with Gasteiger partial charge in [-0.1, -0.05) is 12.1 Å². The quantitative estimate of drug-likeness (QED) is 0.591. The molecule has 7 nitrogen and oxygen atoms in total.